The second kappa shape index (κ2) is 11.3. The van der Waals surface area contributed by atoms with Crippen molar-refractivity contribution in [1.82, 2.24) is 9.58 Å². The van der Waals surface area contributed by atoms with E-state index in [0.29, 0.717) is 29.8 Å². The van der Waals surface area contributed by atoms with Gasteiger partial charge in [-0.15, -0.1) is 6.58 Å². The molecule has 5 rings (SSSR count). The number of carbonyl (C=O) groups is 1. The second-order valence-electron chi connectivity index (χ2n) is 9.26. The van der Waals surface area contributed by atoms with E-state index >= 15 is 0 Å². The van der Waals surface area contributed by atoms with Gasteiger partial charge in [0.15, 0.2) is 17.3 Å². The monoisotopic (exact) mass is 541 g/mol. The van der Waals surface area contributed by atoms with Gasteiger partial charge in [0.25, 0.3) is 5.91 Å². The molecule has 8 nitrogen and oxygen atoms in total. The lowest BCUT2D eigenvalue weighted by Gasteiger charge is -2.20. The number of methoxy groups -OCH3 is 1. The first kappa shape index (κ1) is 26.5. The summed E-state index contributed by atoms with van der Waals surface area (Å²) < 4.78 is 13.8. The number of amides is 1. The molecule has 3 aromatic rings. The van der Waals surface area contributed by atoms with Crippen molar-refractivity contribution in [2.45, 2.75) is 39.7 Å². The number of ether oxygens (including phenoxy) is 2. The van der Waals surface area contributed by atoms with Crippen LogP contribution in [0.15, 0.2) is 70.8 Å². The summed E-state index contributed by atoms with van der Waals surface area (Å²) in [6, 6.07) is 14.0. The van der Waals surface area contributed by atoms with Crippen LogP contribution in [-0.4, -0.2) is 45.2 Å². The molecule has 0 bridgehead atoms. The van der Waals surface area contributed by atoms with Gasteiger partial charge < -0.3 is 14.0 Å². The van der Waals surface area contributed by atoms with Gasteiger partial charge in [-0.25, -0.2) is 0 Å². The van der Waals surface area contributed by atoms with Crippen molar-refractivity contribution < 1.29 is 14.3 Å². The number of thioether (sulfide) groups is 1. The van der Waals surface area contributed by atoms with Crippen LogP contribution >= 0.6 is 11.8 Å². The van der Waals surface area contributed by atoms with E-state index in [4.69, 9.17) is 14.9 Å². The molecule has 0 unspecified atom stereocenters. The first-order valence-corrected chi connectivity index (χ1v) is 13.7. The Kier molecular flexibility index (Phi) is 7.70. The molecule has 0 saturated heterocycles. The highest BCUT2D eigenvalue weighted by atomic mass is 32.2. The largest absolute Gasteiger partial charge is 0.493 e. The minimum Gasteiger partial charge on any atom is -0.493 e. The topological polar surface area (TPSA) is 92.3 Å². The molecule has 0 spiro atoms. The van der Waals surface area contributed by atoms with Crippen molar-refractivity contribution in [2.75, 3.05) is 13.7 Å². The normalized spacial score (nSPS) is 16.0. The number of allylic oxidation sites excluding steroid dienone is 1. The van der Waals surface area contributed by atoms with E-state index in [1.165, 1.54) is 16.8 Å². The number of nitrogens with one attached hydrogen (secondary N) is 1. The van der Waals surface area contributed by atoms with Crippen LogP contribution in [0.2, 0.25) is 0 Å². The quantitative estimate of drug-likeness (QED) is 0.244. The molecule has 39 heavy (non-hydrogen) atoms. The van der Waals surface area contributed by atoms with Gasteiger partial charge in [-0.2, -0.15) is 15.1 Å². The van der Waals surface area contributed by atoms with Crippen LogP contribution < -0.4 is 9.47 Å². The SMILES string of the molecule is C=CCc1ccc(OCCn2c(C)c(C=C3C(=N)N4N=C(CCC)SC4=NC3=O)c3ccccc32)c(OC)c1. The van der Waals surface area contributed by atoms with Gasteiger partial charge in [0.1, 0.15) is 11.7 Å². The number of hydrazone groups is 1. The zero-order valence-electron chi connectivity index (χ0n) is 22.4. The van der Waals surface area contributed by atoms with E-state index in [0.717, 1.165) is 52.0 Å². The lowest BCUT2D eigenvalue weighted by atomic mass is 10.1. The maximum Gasteiger partial charge on any atom is 0.283 e. The summed E-state index contributed by atoms with van der Waals surface area (Å²) in [5, 5.41) is 17.1. The summed E-state index contributed by atoms with van der Waals surface area (Å²) in [5.74, 6) is 1.00. The molecular weight excluding hydrogens is 510 g/mol. The number of hydrogen-bond acceptors (Lipinski definition) is 6. The van der Waals surface area contributed by atoms with E-state index < -0.39 is 5.91 Å². The number of amidine groups is 2. The van der Waals surface area contributed by atoms with Gasteiger partial charge in [-0.05, 0) is 67.8 Å². The van der Waals surface area contributed by atoms with Crippen molar-refractivity contribution in [3.8, 4) is 11.5 Å². The smallest absolute Gasteiger partial charge is 0.283 e. The number of benzene rings is 2. The Hall–Kier alpha value is -4.11. The predicted molar refractivity (Wildman–Crippen MR) is 159 cm³/mol. The Labute approximate surface area is 232 Å². The number of carbonyl (C=O) groups excluding carboxylic acids is 1. The summed E-state index contributed by atoms with van der Waals surface area (Å²) >= 11 is 1.36. The first-order chi connectivity index (χ1) is 18.9. The molecule has 1 amide bonds. The van der Waals surface area contributed by atoms with E-state index in [1.807, 2.05) is 49.4 Å². The lowest BCUT2D eigenvalue weighted by Crippen LogP contribution is -2.35. The molecule has 0 saturated carbocycles. The fourth-order valence-corrected chi connectivity index (χ4v) is 5.78. The number of rotatable bonds is 10. The molecule has 0 aliphatic carbocycles. The maximum absolute atomic E-state index is 13.0. The van der Waals surface area contributed by atoms with Crippen molar-refractivity contribution in [1.29, 1.82) is 5.41 Å². The highest BCUT2D eigenvalue weighted by Gasteiger charge is 2.35. The van der Waals surface area contributed by atoms with Gasteiger partial charge >= 0.3 is 0 Å². The van der Waals surface area contributed by atoms with E-state index in [9.17, 15) is 4.79 Å². The van der Waals surface area contributed by atoms with Crippen LogP contribution in [-0.2, 0) is 17.8 Å². The highest BCUT2D eigenvalue weighted by molar-refractivity contribution is 8.26. The highest BCUT2D eigenvalue weighted by Crippen LogP contribution is 2.33. The molecule has 3 heterocycles. The second-order valence-corrected chi connectivity index (χ2v) is 10.3. The summed E-state index contributed by atoms with van der Waals surface area (Å²) in [5.41, 5.74) is 4.22. The van der Waals surface area contributed by atoms with Crippen LogP contribution in [0.4, 0.5) is 0 Å². The third-order valence-electron chi connectivity index (χ3n) is 6.71. The molecular formula is C30H31N5O3S. The molecule has 200 valence electrons. The number of aromatic nitrogens is 1. The molecule has 1 N–H and O–H groups in total. The Balaban J connectivity index is 1.43. The van der Waals surface area contributed by atoms with Crippen molar-refractivity contribution >= 4 is 50.7 Å². The average molecular weight is 542 g/mol. The number of fused-ring (bicyclic) bond motifs is 2. The van der Waals surface area contributed by atoms with Crippen molar-refractivity contribution in [3.63, 3.8) is 0 Å². The van der Waals surface area contributed by atoms with Crippen LogP contribution in [0.1, 0.15) is 36.6 Å². The number of aliphatic imine (C=N–C) groups is 1. The minimum atomic E-state index is -0.418. The molecule has 0 fully saturated rings. The summed E-state index contributed by atoms with van der Waals surface area (Å²) in [4.78, 5) is 17.2. The Morgan fingerprint density at radius 2 is 2.00 bits per heavy atom. The average Bonchev–Trinajstić information content (AvgIpc) is 3.45. The molecule has 0 atom stereocenters. The summed E-state index contributed by atoms with van der Waals surface area (Å²) in [6.45, 7) is 8.91. The number of para-hydroxylation sites is 1. The Bertz CT molecular complexity index is 1570. The predicted octanol–water partition coefficient (Wildman–Crippen LogP) is 6.19. The van der Waals surface area contributed by atoms with Gasteiger partial charge in [0.2, 0.25) is 5.17 Å². The molecule has 2 aliphatic heterocycles. The van der Waals surface area contributed by atoms with E-state index in [1.54, 1.807) is 13.2 Å². The molecule has 1 aromatic heterocycles. The van der Waals surface area contributed by atoms with Crippen molar-refractivity contribution in [2.24, 2.45) is 10.1 Å². The molecule has 2 aromatic carbocycles. The lowest BCUT2D eigenvalue weighted by molar-refractivity contribution is -0.114. The number of hydrogen-bond donors (Lipinski definition) is 1. The van der Waals surface area contributed by atoms with Gasteiger partial charge in [0, 0.05) is 22.2 Å². The van der Waals surface area contributed by atoms with Crippen LogP contribution in [0.5, 0.6) is 11.5 Å². The third-order valence-corrected chi connectivity index (χ3v) is 7.68. The van der Waals surface area contributed by atoms with Crippen LogP contribution in [0.25, 0.3) is 17.0 Å². The molecule has 9 heteroatoms. The Morgan fingerprint density at radius 3 is 2.77 bits per heavy atom. The molecule has 0 radical (unpaired) electrons. The standard InChI is InChI=1S/C30H31N5O3S/c1-5-9-20-13-14-25(26(17-20)37-4)38-16-15-34-19(3)22(21-11-7-8-12-24(21)34)18-23-28(31)35-30(32-29(23)36)39-27(33-35)10-6-2/h5,7-8,11-14,17-18,31H,1,6,9-10,15-16H2,2-4H3. The minimum absolute atomic E-state index is 0.0511. The van der Waals surface area contributed by atoms with E-state index in [2.05, 4.69) is 34.2 Å². The number of nitrogens with zero attached hydrogens (tertiary/aromatic N) is 4. The van der Waals surface area contributed by atoms with Gasteiger partial charge in [-0.1, -0.05) is 37.3 Å². The first-order valence-electron chi connectivity index (χ1n) is 12.9. The summed E-state index contributed by atoms with van der Waals surface area (Å²) in [6.07, 6.45) is 6.13. The third kappa shape index (κ3) is 5.14. The maximum atomic E-state index is 13.0. The Morgan fingerprint density at radius 1 is 1.18 bits per heavy atom. The zero-order chi connectivity index (χ0) is 27.5. The van der Waals surface area contributed by atoms with Gasteiger partial charge in [0.05, 0.1) is 19.2 Å². The van der Waals surface area contributed by atoms with Gasteiger partial charge in [-0.3, -0.25) is 10.2 Å². The molecule has 2 aliphatic rings. The van der Waals surface area contributed by atoms with Crippen molar-refractivity contribution in [3.05, 3.63) is 77.5 Å². The fourth-order valence-electron chi connectivity index (χ4n) is 4.79. The van der Waals surface area contributed by atoms with Crippen LogP contribution in [0.3, 0.4) is 0 Å². The van der Waals surface area contributed by atoms with Crippen LogP contribution in [0, 0.1) is 12.3 Å². The van der Waals surface area contributed by atoms with E-state index in [-0.39, 0.29) is 11.4 Å². The summed E-state index contributed by atoms with van der Waals surface area (Å²) in [7, 11) is 1.64. The fraction of sp³-hybridized carbons (Fsp3) is 0.267. The zero-order valence-corrected chi connectivity index (χ0v) is 23.2.